The summed E-state index contributed by atoms with van der Waals surface area (Å²) in [7, 11) is 0. The normalized spacial score (nSPS) is 13.2. The predicted molar refractivity (Wildman–Crippen MR) is 61.4 cm³/mol. The molecule has 3 N–H and O–H groups in total. The van der Waals surface area contributed by atoms with Gasteiger partial charge in [-0.1, -0.05) is 5.11 Å². The van der Waals surface area contributed by atoms with Crippen LogP contribution in [0.3, 0.4) is 0 Å². The number of aliphatic hydroxyl groups excluding tert-OH is 2. The van der Waals surface area contributed by atoms with E-state index in [2.05, 4.69) is 15.0 Å². The molecule has 1 heterocycles. The third-order valence-corrected chi connectivity index (χ3v) is 2.34. The summed E-state index contributed by atoms with van der Waals surface area (Å²) in [5.41, 5.74) is 7.59. The molecule has 0 aliphatic carbocycles. The summed E-state index contributed by atoms with van der Waals surface area (Å²) < 4.78 is 0. The van der Waals surface area contributed by atoms with Gasteiger partial charge in [-0.15, -0.1) is 0 Å². The minimum absolute atomic E-state index is 0.0448. The molecule has 0 bridgehead atoms. The molecule has 0 aliphatic rings. The van der Waals surface area contributed by atoms with E-state index in [1.165, 1.54) is 12.3 Å². The van der Waals surface area contributed by atoms with Crippen LogP contribution >= 0.6 is 0 Å². The third-order valence-electron chi connectivity index (χ3n) is 2.34. The zero-order chi connectivity index (χ0) is 13.5. The van der Waals surface area contributed by atoms with E-state index in [-0.39, 0.29) is 24.1 Å². The van der Waals surface area contributed by atoms with E-state index in [4.69, 9.17) is 10.8 Å². The molecule has 94 valence electrons. The number of nitrogens with zero attached hydrogens (tertiary/aromatic N) is 4. The topological polar surface area (TPSA) is 146 Å². The molecular formula is C10H11N5O3. The molecule has 8 nitrogen and oxygen atoms in total. The minimum Gasteiger partial charge on any atom is -0.390 e. The number of nitrogens with one attached hydrogen (secondary N) is 1. The summed E-state index contributed by atoms with van der Waals surface area (Å²) in [6.45, 7) is 0.0448. The van der Waals surface area contributed by atoms with Gasteiger partial charge in [-0.3, -0.25) is 4.79 Å². The Hall–Kier alpha value is -2.33. The quantitative estimate of drug-likeness (QED) is 0.392. The molecule has 0 saturated carbocycles. The van der Waals surface area contributed by atoms with Crippen LogP contribution in [0.4, 0.5) is 0 Å². The summed E-state index contributed by atoms with van der Waals surface area (Å²) in [4.78, 5) is 15.9. The number of pyridine rings is 1. The molecule has 8 heteroatoms. The average molecular weight is 249 g/mol. The Morgan fingerprint density at radius 1 is 1.61 bits per heavy atom. The van der Waals surface area contributed by atoms with Gasteiger partial charge in [0.1, 0.15) is 17.7 Å². The van der Waals surface area contributed by atoms with E-state index >= 15 is 0 Å². The largest absolute Gasteiger partial charge is 0.390 e. The molecule has 0 spiro atoms. The number of hydrogen-bond donors (Lipinski definition) is 3. The van der Waals surface area contributed by atoms with Gasteiger partial charge < -0.3 is 15.2 Å². The summed E-state index contributed by atoms with van der Waals surface area (Å²) in [6, 6.07) is 2.89. The van der Waals surface area contributed by atoms with Crippen molar-refractivity contribution in [2.75, 3.05) is 6.54 Å². The first-order valence-corrected chi connectivity index (χ1v) is 5.10. The zero-order valence-electron chi connectivity index (χ0n) is 9.32. The molecule has 1 aromatic rings. The number of aromatic amines is 1. The fourth-order valence-corrected chi connectivity index (χ4v) is 1.37. The van der Waals surface area contributed by atoms with Crippen molar-refractivity contribution >= 4 is 0 Å². The molecule has 0 radical (unpaired) electrons. The highest BCUT2D eigenvalue weighted by Crippen LogP contribution is 2.18. The fourth-order valence-electron chi connectivity index (χ4n) is 1.37. The van der Waals surface area contributed by atoms with E-state index in [1.54, 1.807) is 6.07 Å². The van der Waals surface area contributed by atoms with Gasteiger partial charge in [0, 0.05) is 23.2 Å². The van der Waals surface area contributed by atoms with Crippen molar-refractivity contribution in [3.8, 4) is 6.07 Å². The van der Waals surface area contributed by atoms with Gasteiger partial charge in [-0.25, -0.2) is 0 Å². The first-order valence-electron chi connectivity index (χ1n) is 5.10. The summed E-state index contributed by atoms with van der Waals surface area (Å²) >= 11 is 0. The van der Waals surface area contributed by atoms with Gasteiger partial charge in [0.15, 0.2) is 0 Å². The Labute approximate surface area is 102 Å². The van der Waals surface area contributed by atoms with E-state index in [0.717, 1.165) is 0 Å². The number of H-pyrrole nitrogens is 1. The van der Waals surface area contributed by atoms with E-state index in [1.807, 2.05) is 0 Å². The highest BCUT2D eigenvalue weighted by atomic mass is 16.3. The molecule has 0 fully saturated rings. The SMILES string of the molecule is N#Cc1cc(C(O)C(O)CCN=[N+]=[N-])c[nH]c1=O. The van der Waals surface area contributed by atoms with E-state index in [9.17, 15) is 15.0 Å². The van der Waals surface area contributed by atoms with Crippen molar-refractivity contribution in [3.05, 3.63) is 44.2 Å². The van der Waals surface area contributed by atoms with Crippen LogP contribution in [0, 0.1) is 11.3 Å². The second-order valence-corrected chi connectivity index (χ2v) is 3.54. The molecule has 18 heavy (non-hydrogen) atoms. The summed E-state index contributed by atoms with van der Waals surface area (Å²) in [5, 5.41) is 31.3. The van der Waals surface area contributed by atoms with Gasteiger partial charge in [0.25, 0.3) is 5.56 Å². The number of nitriles is 1. The van der Waals surface area contributed by atoms with Crippen LogP contribution in [0.25, 0.3) is 10.4 Å². The van der Waals surface area contributed by atoms with Crippen LogP contribution in [0.2, 0.25) is 0 Å². The number of hydrogen-bond acceptors (Lipinski definition) is 5. The average Bonchev–Trinajstić information content (AvgIpc) is 2.38. The zero-order valence-corrected chi connectivity index (χ0v) is 9.32. The fraction of sp³-hybridized carbons (Fsp3) is 0.400. The first-order chi connectivity index (χ1) is 8.60. The van der Waals surface area contributed by atoms with Crippen LogP contribution in [0.1, 0.15) is 23.7 Å². The number of aromatic nitrogens is 1. The van der Waals surface area contributed by atoms with Crippen molar-refractivity contribution in [1.29, 1.82) is 5.26 Å². The highest BCUT2D eigenvalue weighted by molar-refractivity contribution is 5.30. The Morgan fingerprint density at radius 3 is 2.94 bits per heavy atom. The van der Waals surface area contributed by atoms with E-state index < -0.39 is 17.8 Å². The first kappa shape index (κ1) is 13.7. The van der Waals surface area contributed by atoms with Crippen molar-refractivity contribution < 1.29 is 10.2 Å². The van der Waals surface area contributed by atoms with Crippen molar-refractivity contribution in [2.45, 2.75) is 18.6 Å². The molecule has 0 aromatic carbocycles. The van der Waals surface area contributed by atoms with Crippen LogP contribution in [0.5, 0.6) is 0 Å². The van der Waals surface area contributed by atoms with Crippen molar-refractivity contribution in [3.63, 3.8) is 0 Å². The van der Waals surface area contributed by atoms with E-state index in [0.29, 0.717) is 0 Å². The number of rotatable bonds is 5. The maximum absolute atomic E-state index is 11.1. The minimum atomic E-state index is -1.26. The Balaban J connectivity index is 2.83. The molecule has 0 saturated heterocycles. The lowest BCUT2D eigenvalue weighted by Gasteiger charge is -2.17. The lowest BCUT2D eigenvalue weighted by atomic mass is 10.0. The molecule has 1 aromatic heterocycles. The smallest absolute Gasteiger partial charge is 0.265 e. The number of aliphatic hydroxyl groups is 2. The Morgan fingerprint density at radius 2 is 2.33 bits per heavy atom. The van der Waals surface area contributed by atoms with Gasteiger partial charge in [0.05, 0.1) is 6.10 Å². The molecule has 1 rings (SSSR count). The Bertz CT molecular complexity index is 555. The van der Waals surface area contributed by atoms with Gasteiger partial charge >= 0.3 is 0 Å². The maximum Gasteiger partial charge on any atom is 0.265 e. The maximum atomic E-state index is 11.1. The molecular weight excluding hydrogens is 238 g/mol. The molecule has 0 amide bonds. The second-order valence-electron chi connectivity index (χ2n) is 3.54. The van der Waals surface area contributed by atoms with Gasteiger partial charge in [-0.05, 0) is 18.0 Å². The predicted octanol–water partition coefficient (Wildman–Crippen LogP) is 0.341. The highest BCUT2D eigenvalue weighted by Gasteiger charge is 2.18. The summed E-state index contributed by atoms with van der Waals surface area (Å²) in [5.74, 6) is 0. The summed E-state index contributed by atoms with van der Waals surface area (Å²) in [6.07, 6.45) is -1.10. The van der Waals surface area contributed by atoms with Crippen molar-refractivity contribution in [1.82, 2.24) is 4.98 Å². The van der Waals surface area contributed by atoms with Crippen LogP contribution in [-0.2, 0) is 0 Å². The standard InChI is InChI=1S/C10H11N5O3/c11-4-6-3-7(5-13-10(6)18)9(17)8(16)1-2-14-15-12/h3,5,8-9,16-17H,1-2H2,(H,13,18). The van der Waals surface area contributed by atoms with Crippen LogP contribution in [-0.4, -0.2) is 27.8 Å². The molecule has 0 aliphatic heterocycles. The lowest BCUT2D eigenvalue weighted by molar-refractivity contribution is 0.0148. The third kappa shape index (κ3) is 3.33. The van der Waals surface area contributed by atoms with Crippen LogP contribution < -0.4 is 5.56 Å². The van der Waals surface area contributed by atoms with Gasteiger partial charge in [0.2, 0.25) is 0 Å². The molecule has 2 atom stereocenters. The van der Waals surface area contributed by atoms with Crippen molar-refractivity contribution in [2.24, 2.45) is 5.11 Å². The number of azide groups is 1. The molecule has 2 unspecified atom stereocenters. The Kier molecular flexibility index (Phi) is 4.90. The monoisotopic (exact) mass is 249 g/mol. The lowest BCUT2D eigenvalue weighted by Crippen LogP contribution is -2.21. The second kappa shape index (κ2) is 6.42. The van der Waals surface area contributed by atoms with Gasteiger partial charge in [-0.2, -0.15) is 5.26 Å². The van der Waals surface area contributed by atoms with Crippen LogP contribution in [0.15, 0.2) is 22.2 Å².